The van der Waals surface area contributed by atoms with Crippen molar-refractivity contribution >= 4 is 33.3 Å². The molecule has 1 aromatic heterocycles. The summed E-state index contributed by atoms with van der Waals surface area (Å²) in [6.07, 6.45) is 0. The SMILES string of the molecule is CN(c1ccccc1-c1ccccc1)c1ccc(-c2cccc3c2oc2ccccc23)cc1-c1ccccc1. The lowest BCUT2D eigenvalue weighted by Gasteiger charge is -2.26. The van der Waals surface area contributed by atoms with Crippen LogP contribution in [0.3, 0.4) is 0 Å². The van der Waals surface area contributed by atoms with Gasteiger partial charge < -0.3 is 9.32 Å². The fourth-order valence-corrected chi connectivity index (χ4v) is 5.58. The molecule has 2 heteroatoms. The van der Waals surface area contributed by atoms with E-state index >= 15 is 0 Å². The number of anilines is 2. The van der Waals surface area contributed by atoms with E-state index in [-0.39, 0.29) is 0 Å². The van der Waals surface area contributed by atoms with E-state index in [9.17, 15) is 0 Å². The van der Waals surface area contributed by atoms with Crippen molar-refractivity contribution in [2.24, 2.45) is 0 Å². The van der Waals surface area contributed by atoms with Crippen LogP contribution < -0.4 is 4.90 Å². The predicted octanol–water partition coefficient (Wildman–Crippen LogP) is 10.4. The molecule has 39 heavy (non-hydrogen) atoms. The zero-order valence-corrected chi connectivity index (χ0v) is 21.7. The van der Waals surface area contributed by atoms with Gasteiger partial charge in [0.15, 0.2) is 0 Å². The summed E-state index contributed by atoms with van der Waals surface area (Å²) in [5.74, 6) is 0. The van der Waals surface area contributed by atoms with Gasteiger partial charge in [0.1, 0.15) is 11.2 Å². The van der Waals surface area contributed by atoms with Crippen LogP contribution in [0.5, 0.6) is 0 Å². The lowest BCUT2D eigenvalue weighted by Crippen LogP contribution is -2.12. The highest BCUT2D eigenvalue weighted by atomic mass is 16.3. The molecule has 0 saturated heterocycles. The van der Waals surface area contributed by atoms with Crippen LogP contribution in [0.1, 0.15) is 0 Å². The van der Waals surface area contributed by atoms with Gasteiger partial charge in [0.2, 0.25) is 0 Å². The molecule has 0 saturated carbocycles. The van der Waals surface area contributed by atoms with E-state index in [1.165, 1.54) is 22.3 Å². The standard InChI is InChI=1S/C37H27NO/c1-38(34-21-10-8-17-29(34)26-13-4-2-5-14-26)35-24-23-28(25-33(35)27-15-6-3-7-16-27)30-19-12-20-32-31-18-9-11-22-36(31)39-37(30)32/h2-25H,1H3. The maximum absolute atomic E-state index is 6.38. The molecule has 0 aliphatic rings. The lowest BCUT2D eigenvalue weighted by molar-refractivity contribution is 0.670. The molecule has 186 valence electrons. The molecule has 0 aliphatic carbocycles. The quantitative estimate of drug-likeness (QED) is 0.233. The zero-order valence-electron chi connectivity index (χ0n) is 21.7. The van der Waals surface area contributed by atoms with Gasteiger partial charge in [-0.25, -0.2) is 0 Å². The largest absolute Gasteiger partial charge is 0.455 e. The summed E-state index contributed by atoms with van der Waals surface area (Å²) in [7, 11) is 2.16. The Morgan fingerprint density at radius 1 is 0.436 bits per heavy atom. The third kappa shape index (κ3) is 4.07. The van der Waals surface area contributed by atoms with Crippen molar-refractivity contribution in [1.82, 2.24) is 0 Å². The molecular weight excluding hydrogens is 474 g/mol. The van der Waals surface area contributed by atoms with E-state index in [2.05, 4.69) is 145 Å². The summed E-state index contributed by atoms with van der Waals surface area (Å²) < 4.78 is 6.38. The molecule has 0 amide bonds. The van der Waals surface area contributed by atoms with Crippen molar-refractivity contribution in [1.29, 1.82) is 0 Å². The highest BCUT2D eigenvalue weighted by Crippen LogP contribution is 2.42. The molecule has 0 unspecified atom stereocenters. The highest BCUT2D eigenvalue weighted by Gasteiger charge is 2.18. The minimum Gasteiger partial charge on any atom is -0.455 e. The second-order valence-electron chi connectivity index (χ2n) is 9.82. The van der Waals surface area contributed by atoms with Crippen LogP contribution in [0.15, 0.2) is 150 Å². The van der Waals surface area contributed by atoms with E-state index < -0.39 is 0 Å². The van der Waals surface area contributed by atoms with Gasteiger partial charge >= 0.3 is 0 Å². The van der Waals surface area contributed by atoms with E-state index in [0.29, 0.717) is 0 Å². The fraction of sp³-hybridized carbons (Fsp3) is 0.0270. The van der Waals surface area contributed by atoms with Gasteiger partial charge in [-0.1, -0.05) is 121 Å². The van der Waals surface area contributed by atoms with Gasteiger partial charge in [0.05, 0.1) is 0 Å². The molecular formula is C37H27NO. The summed E-state index contributed by atoms with van der Waals surface area (Å²) >= 11 is 0. The van der Waals surface area contributed by atoms with E-state index in [4.69, 9.17) is 4.42 Å². The first-order valence-electron chi connectivity index (χ1n) is 13.3. The molecule has 0 radical (unpaired) electrons. The van der Waals surface area contributed by atoms with Gasteiger partial charge in [-0.05, 0) is 41.0 Å². The average Bonchev–Trinajstić information content (AvgIpc) is 3.40. The molecule has 1 heterocycles. The molecule has 6 aromatic carbocycles. The first-order chi connectivity index (χ1) is 19.3. The number of nitrogens with zero attached hydrogens (tertiary/aromatic N) is 1. The number of para-hydroxylation sites is 3. The highest BCUT2D eigenvalue weighted by molar-refractivity contribution is 6.09. The number of hydrogen-bond donors (Lipinski definition) is 0. The summed E-state index contributed by atoms with van der Waals surface area (Å²) in [6.45, 7) is 0. The molecule has 0 spiro atoms. The normalized spacial score (nSPS) is 11.2. The van der Waals surface area contributed by atoms with Crippen LogP contribution in [0.25, 0.3) is 55.3 Å². The molecule has 0 atom stereocenters. The van der Waals surface area contributed by atoms with Crippen LogP contribution in [0.4, 0.5) is 11.4 Å². The van der Waals surface area contributed by atoms with Crippen LogP contribution in [-0.4, -0.2) is 7.05 Å². The Morgan fingerprint density at radius 2 is 1.03 bits per heavy atom. The van der Waals surface area contributed by atoms with Crippen molar-refractivity contribution in [3.63, 3.8) is 0 Å². The Bertz CT molecular complexity index is 1920. The molecule has 7 aromatic rings. The molecule has 2 nitrogen and oxygen atoms in total. The first-order valence-corrected chi connectivity index (χ1v) is 13.3. The lowest BCUT2D eigenvalue weighted by atomic mass is 9.95. The topological polar surface area (TPSA) is 16.4 Å². The van der Waals surface area contributed by atoms with Gasteiger partial charge in [-0.2, -0.15) is 0 Å². The number of fused-ring (bicyclic) bond motifs is 3. The summed E-state index contributed by atoms with van der Waals surface area (Å²) in [5, 5.41) is 2.29. The third-order valence-corrected chi connectivity index (χ3v) is 7.51. The fourth-order valence-electron chi connectivity index (χ4n) is 5.58. The van der Waals surface area contributed by atoms with Gasteiger partial charge in [-0.3, -0.25) is 0 Å². The second kappa shape index (κ2) is 9.66. The second-order valence-corrected chi connectivity index (χ2v) is 9.82. The Morgan fingerprint density at radius 3 is 1.82 bits per heavy atom. The number of rotatable bonds is 5. The van der Waals surface area contributed by atoms with Gasteiger partial charge in [0.25, 0.3) is 0 Å². The molecule has 0 aliphatic heterocycles. The number of hydrogen-bond acceptors (Lipinski definition) is 2. The summed E-state index contributed by atoms with van der Waals surface area (Å²) in [4.78, 5) is 2.30. The van der Waals surface area contributed by atoms with Crippen molar-refractivity contribution < 1.29 is 4.42 Å². The minimum absolute atomic E-state index is 0.914. The van der Waals surface area contributed by atoms with Crippen molar-refractivity contribution in [3.05, 3.63) is 146 Å². The Labute approximate surface area is 228 Å². The Balaban J connectivity index is 1.41. The maximum Gasteiger partial charge on any atom is 0.143 e. The van der Waals surface area contributed by atoms with Crippen molar-refractivity contribution in [2.75, 3.05) is 11.9 Å². The first kappa shape index (κ1) is 23.1. The Hall–Kier alpha value is -5.08. The van der Waals surface area contributed by atoms with E-state index in [0.717, 1.165) is 44.4 Å². The van der Waals surface area contributed by atoms with Crippen molar-refractivity contribution in [3.8, 4) is 33.4 Å². The van der Waals surface area contributed by atoms with Gasteiger partial charge in [-0.15, -0.1) is 0 Å². The average molecular weight is 502 g/mol. The molecule has 0 fully saturated rings. The van der Waals surface area contributed by atoms with E-state index in [1.54, 1.807) is 0 Å². The molecule has 0 N–H and O–H groups in total. The maximum atomic E-state index is 6.38. The van der Waals surface area contributed by atoms with Crippen LogP contribution >= 0.6 is 0 Å². The number of benzene rings is 6. The van der Waals surface area contributed by atoms with Gasteiger partial charge in [0, 0.05) is 45.9 Å². The van der Waals surface area contributed by atoms with E-state index in [1.807, 2.05) is 12.1 Å². The zero-order chi connectivity index (χ0) is 26.2. The molecule has 0 bridgehead atoms. The Kier molecular flexibility index (Phi) is 5.71. The van der Waals surface area contributed by atoms with Crippen molar-refractivity contribution in [2.45, 2.75) is 0 Å². The van der Waals surface area contributed by atoms with Crippen LogP contribution in [0.2, 0.25) is 0 Å². The van der Waals surface area contributed by atoms with Crippen LogP contribution in [-0.2, 0) is 0 Å². The number of furan rings is 1. The van der Waals surface area contributed by atoms with Crippen LogP contribution in [0, 0.1) is 0 Å². The molecule has 7 rings (SSSR count). The third-order valence-electron chi connectivity index (χ3n) is 7.51. The minimum atomic E-state index is 0.914. The predicted molar refractivity (Wildman–Crippen MR) is 165 cm³/mol. The smallest absolute Gasteiger partial charge is 0.143 e. The summed E-state index contributed by atoms with van der Waals surface area (Å²) in [5.41, 5.74) is 11.1. The monoisotopic (exact) mass is 501 g/mol. The summed E-state index contributed by atoms with van der Waals surface area (Å²) in [6, 6.07) is 51.2.